The summed E-state index contributed by atoms with van der Waals surface area (Å²) in [7, 11) is 0. The number of piperazine rings is 1. The summed E-state index contributed by atoms with van der Waals surface area (Å²) in [5, 5.41) is 0.597. The minimum Gasteiger partial charge on any atom is -0.479 e. The summed E-state index contributed by atoms with van der Waals surface area (Å²) in [5.74, 6) is 1.12. The first-order valence-electron chi connectivity index (χ1n) is 12.7. The second-order valence-electron chi connectivity index (χ2n) is 9.01. The number of carbonyl (C=O) groups is 1. The zero-order valence-corrected chi connectivity index (χ0v) is 21.8. The predicted molar refractivity (Wildman–Crippen MR) is 142 cm³/mol. The van der Waals surface area contributed by atoms with Gasteiger partial charge in [0, 0.05) is 68.0 Å². The lowest BCUT2D eigenvalue weighted by atomic mass is 10.0. The van der Waals surface area contributed by atoms with Crippen LogP contribution in [0.2, 0.25) is 5.02 Å². The maximum absolute atomic E-state index is 13.3. The van der Waals surface area contributed by atoms with Gasteiger partial charge in [-0.15, -0.1) is 0 Å². The average molecular weight is 534 g/mol. The van der Waals surface area contributed by atoms with Gasteiger partial charge in [0.15, 0.2) is 6.10 Å². The van der Waals surface area contributed by atoms with Crippen molar-refractivity contribution in [3.8, 4) is 16.9 Å². The maximum Gasteiger partial charge on any atom is 0.264 e. The van der Waals surface area contributed by atoms with E-state index in [0.29, 0.717) is 82.3 Å². The minimum atomic E-state index is -0.554. The first-order chi connectivity index (χ1) is 18.0. The molecular formula is C26H36ClN5O5. The molecule has 1 saturated heterocycles. The van der Waals surface area contributed by atoms with Gasteiger partial charge in [0.2, 0.25) is 0 Å². The molecule has 0 unspecified atom stereocenters. The van der Waals surface area contributed by atoms with Gasteiger partial charge in [-0.3, -0.25) is 9.69 Å². The Kier molecular flexibility index (Phi) is 10.4. The number of amides is 1. The van der Waals surface area contributed by atoms with Gasteiger partial charge in [-0.05, 0) is 29.8 Å². The van der Waals surface area contributed by atoms with Crippen LogP contribution in [-0.2, 0) is 25.4 Å². The Hall–Kier alpha value is -2.47. The van der Waals surface area contributed by atoms with E-state index in [1.165, 1.54) is 0 Å². The highest BCUT2D eigenvalue weighted by atomic mass is 35.5. The van der Waals surface area contributed by atoms with E-state index in [4.69, 9.17) is 42.0 Å². The molecule has 10 nitrogen and oxygen atoms in total. The Morgan fingerprint density at radius 2 is 1.73 bits per heavy atom. The smallest absolute Gasteiger partial charge is 0.264 e. The van der Waals surface area contributed by atoms with E-state index >= 15 is 0 Å². The van der Waals surface area contributed by atoms with E-state index in [0.717, 1.165) is 36.3 Å². The van der Waals surface area contributed by atoms with Gasteiger partial charge in [0.05, 0.1) is 39.6 Å². The van der Waals surface area contributed by atoms with Crippen LogP contribution in [0.15, 0.2) is 30.5 Å². The number of anilines is 1. The molecule has 2 aromatic rings. The molecular weight excluding hydrogens is 498 g/mol. The van der Waals surface area contributed by atoms with Crippen LogP contribution in [0.4, 0.5) is 5.82 Å². The number of pyridine rings is 1. The van der Waals surface area contributed by atoms with Crippen LogP contribution in [0.25, 0.3) is 11.1 Å². The third-order valence-corrected chi connectivity index (χ3v) is 6.62. The number of ether oxygens (including phenoxy) is 4. The molecule has 0 radical (unpaired) electrons. The molecule has 37 heavy (non-hydrogen) atoms. The molecule has 2 aliphatic rings. The molecule has 1 aromatic heterocycles. The number of carbonyl (C=O) groups excluding carboxylic acids is 1. The summed E-state index contributed by atoms with van der Waals surface area (Å²) in [6.07, 6.45) is 1.59. The molecule has 0 spiro atoms. The number of rotatable bonds is 13. The molecule has 4 N–H and O–H groups in total. The van der Waals surface area contributed by atoms with Crippen molar-refractivity contribution < 1.29 is 23.7 Å². The minimum absolute atomic E-state index is 0.0102. The van der Waals surface area contributed by atoms with E-state index in [2.05, 4.69) is 9.88 Å². The van der Waals surface area contributed by atoms with Crippen molar-refractivity contribution in [2.24, 2.45) is 5.73 Å². The molecule has 4 rings (SSSR count). The Labute approximate surface area is 222 Å². The SMILES string of the molecule is NCCOCCOCCOCCN1CCN(C(=O)[C@H]2Cc3cc(Cl)cc(-c4ccnc(N)c4)c3O2)CC1. The maximum atomic E-state index is 13.3. The Bertz CT molecular complexity index is 1030. The van der Waals surface area contributed by atoms with Crippen molar-refractivity contribution in [1.29, 1.82) is 0 Å². The van der Waals surface area contributed by atoms with Gasteiger partial charge in [-0.1, -0.05) is 11.6 Å². The highest BCUT2D eigenvalue weighted by Gasteiger charge is 2.35. The summed E-state index contributed by atoms with van der Waals surface area (Å²) >= 11 is 6.38. The Balaban J connectivity index is 1.18. The predicted octanol–water partition coefficient (Wildman–Crippen LogP) is 1.44. The molecule has 3 heterocycles. The number of aromatic nitrogens is 1. The number of nitrogens with two attached hydrogens (primary N) is 2. The Morgan fingerprint density at radius 1 is 1.03 bits per heavy atom. The third kappa shape index (κ3) is 7.76. The van der Waals surface area contributed by atoms with Gasteiger partial charge in [0.25, 0.3) is 5.91 Å². The number of fused-ring (bicyclic) bond motifs is 1. The molecule has 1 atom stereocenters. The standard InChI is InChI=1S/C26H36ClN5O5/c27-21-15-20-16-23(37-25(20)22(18-21)19-1-3-30-24(29)17-19)26(33)32-6-4-31(5-7-32)8-10-35-12-14-36-13-11-34-9-2-28/h1,3,15,17-18,23H,2,4-14,16,28H2,(H2,29,30)/t23-/m1/s1. The lowest BCUT2D eigenvalue weighted by Crippen LogP contribution is -2.52. The van der Waals surface area contributed by atoms with Crippen LogP contribution in [0.3, 0.4) is 0 Å². The van der Waals surface area contributed by atoms with E-state index in [1.807, 2.05) is 23.1 Å². The van der Waals surface area contributed by atoms with E-state index in [-0.39, 0.29) is 5.91 Å². The molecule has 0 aliphatic carbocycles. The van der Waals surface area contributed by atoms with E-state index < -0.39 is 6.10 Å². The van der Waals surface area contributed by atoms with Crippen LogP contribution in [0, 0.1) is 0 Å². The molecule has 1 amide bonds. The van der Waals surface area contributed by atoms with E-state index in [1.54, 1.807) is 12.3 Å². The average Bonchev–Trinajstić information content (AvgIpc) is 3.33. The number of halogens is 1. The van der Waals surface area contributed by atoms with Crippen LogP contribution in [-0.4, -0.2) is 106 Å². The first kappa shape index (κ1) is 27.6. The molecule has 202 valence electrons. The third-order valence-electron chi connectivity index (χ3n) is 6.41. The normalized spacial score (nSPS) is 17.6. The molecule has 2 aliphatic heterocycles. The zero-order valence-electron chi connectivity index (χ0n) is 21.1. The van der Waals surface area contributed by atoms with Gasteiger partial charge in [-0.2, -0.15) is 0 Å². The number of hydrogen-bond acceptors (Lipinski definition) is 9. The fraction of sp³-hybridized carbons (Fsp3) is 0.538. The number of hydrogen-bond donors (Lipinski definition) is 2. The summed E-state index contributed by atoms with van der Waals surface area (Å²) in [6.45, 7) is 7.64. The molecule has 0 bridgehead atoms. The first-order valence-corrected chi connectivity index (χ1v) is 13.1. The van der Waals surface area contributed by atoms with Gasteiger partial charge in [0.1, 0.15) is 11.6 Å². The second kappa shape index (κ2) is 13.9. The highest BCUT2D eigenvalue weighted by molar-refractivity contribution is 6.31. The van der Waals surface area contributed by atoms with Gasteiger partial charge >= 0.3 is 0 Å². The second-order valence-corrected chi connectivity index (χ2v) is 9.45. The molecule has 11 heteroatoms. The van der Waals surface area contributed by atoms with Crippen LogP contribution in [0.5, 0.6) is 5.75 Å². The van der Waals surface area contributed by atoms with Crippen molar-refractivity contribution in [3.63, 3.8) is 0 Å². The zero-order chi connectivity index (χ0) is 26.0. The summed E-state index contributed by atoms with van der Waals surface area (Å²) in [6, 6.07) is 7.35. The topological polar surface area (TPSA) is 125 Å². The van der Waals surface area contributed by atoms with Gasteiger partial charge < -0.3 is 35.3 Å². The van der Waals surface area contributed by atoms with Crippen LogP contribution < -0.4 is 16.2 Å². The summed E-state index contributed by atoms with van der Waals surface area (Å²) < 4.78 is 22.6. The van der Waals surface area contributed by atoms with Crippen molar-refractivity contribution >= 4 is 23.3 Å². The van der Waals surface area contributed by atoms with E-state index in [9.17, 15) is 4.79 Å². The number of nitrogen functional groups attached to an aromatic ring is 1. The Morgan fingerprint density at radius 3 is 2.43 bits per heavy atom. The van der Waals surface area contributed by atoms with Crippen molar-refractivity contribution in [3.05, 3.63) is 41.0 Å². The fourth-order valence-corrected chi connectivity index (χ4v) is 4.75. The van der Waals surface area contributed by atoms with Crippen molar-refractivity contribution in [1.82, 2.24) is 14.8 Å². The molecule has 1 aromatic carbocycles. The van der Waals surface area contributed by atoms with Crippen LogP contribution >= 0.6 is 11.6 Å². The summed E-state index contributed by atoms with van der Waals surface area (Å²) in [4.78, 5) is 21.5. The highest BCUT2D eigenvalue weighted by Crippen LogP contribution is 2.41. The summed E-state index contributed by atoms with van der Waals surface area (Å²) in [5.41, 5.74) is 13.8. The van der Waals surface area contributed by atoms with Crippen LogP contribution in [0.1, 0.15) is 5.56 Å². The van der Waals surface area contributed by atoms with Gasteiger partial charge in [-0.25, -0.2) is 4.98 Å². The van der Waals surface area contributed by atoms with Crippen molar-refractivity contribution in [2.75, 3.05) is 84.6 Å². The fourth-order valence-electron chi connectivity index (χ4n) is 4.51. The lowest BCUT2D eigenvalue weighted by Gasteiger charge is -2.35. The molecule has 0 saturated carbocycles. The quantitative estimate of drug-likeness (QED) is 0.368. The molecule has 1 fully saturated rings. The number of nitrogens with zero attached hydrogens (tertiary/aromatic N) is 3. The number of benzene rings is 1. The monoisotopic (exact) mass is 533 g/mol. The van der Waals surface area contributed by atoms with Crippen molar-refractivity contribution in [2.45, 2.75) is 12.5 Å². The lowest BCUT2D eigenvalue weighted by molar-refractivity contribution is -0.139. The largest absolute Gasteiger partial charge is 0.479 e.